The van der Waals surface area contributed by atoms with Gasteiger partial charge in [-0.1, -0.05) is 18.2 Å². The number of benzene rings is 1. The van der Waals surface area contributed by atoms with E-state index in [1.54, 1.807) is 12.4 Å². The maximum absolute atomic E-state index is 5.73. The van der Waals surface area contributed by atoms with Crippen LogP contribution in [0.15, 0.2) is 42.7 Å². The van der Waals surface area contributed by atoms with Crippen molar-refractivity contribution in [1.29, 1.82) is 0 Å². The molecule has 1 aliphatic heterocycles. The predicted octanol–water partition coefficient (Wildman–Crippen LogP) is 2.26. The highest BCUT2D eigenvalue weighted by Gasteiger charge is 2.13. The van der Waals surface area contributed by atoms with E-state index in [0.29, 0.717) is 6.61 Å². The number of aromatic nitrogens is 1. The van der Waals surface area contributed by atoms with Crippen LogP contribution < -0.4 is 10.1 Å². The number of pyridine rings is 1. The highest BCUT2D eigenvalue weighted by atomic mass is 16.5. The number of hydrogen-bond acceptors (Lipinski definition) is 3. The Hall–Kier alpha value is -1.87. The summed E-state index contributed by atoms with van der Waals surface area (Å²) in [5, 5.41) is 3.36. The van der Waals surface area contributed by atoms with Crippen LogP contribution >= 0.6 is 0 Å². The van der Waals surface area contributed by atoms with Gasteiger partial charge in [0.15, 0.2) is 0 Å². The smallest absolute Gasteiger partial charge is 0.138 e. The molecule has 0 atom stereocenters. The topological polar surface area (TPSA) is 34.1 Å². The minimum Gasteiger partial charge on any atom is -0.487 e. The molecule has 1 aromatic carbocycles. The monoisotopic (exact) mass is 226 g/mol. The predicted molar refractivity (Wildman–Crippen MR) is 65.6 cm³/mol. The number of nitrogens with zero attached hydrogens (tertiary/aromatic N) is 1. The van der Waals surface area contributed by atoms with Crippen LogP contribution in [0, 0.1) is 0 Å². The zero-order valence-corrected chi connectivity index (χ0v) is 9.52. The molecule has 0 radical (unpaired) electrons. The van der Waals surface area contributed by atoms with Crippen LogP contribution in [0.2, 0.25) is 0 Å². The summed E-state index contributed by atoms with van der Waals surface area (Å²) in [6.45, 7) is 2.52. The molecule has 0 unspecified atom stereocenters. The van der Waals surface area contributed by atoms with Crippen molar-refractivity contribution in [2.24, 2.45) is 0 Å². The lowest BCUT2D eigenvalue weighted by Crippen LogP contribution is -2.03. The molecular formula is C14H14N2O. The van der Waals surface area contributed by atoms with Gasteiger partial charge < -0.3 is 10.1 Å². The van der Waals surface area contributed by atoms with Gasteiger partial charge >= 0.3 is 0 Å². The summed E-state index contributed by atoms with van der Waals surface area (Å²) in [5.74, 6) is 0.816. The van der Waals surface area contributed by atoms with Crippen molar-refractivity contribution >= 4 is 0 Å². The highest BCUT2D eigenvalue weighted by molar-refractivity contribution is 5.37. The summed E-state index contributed by atoms with van der Waals surface area (Å²) in [5.41, 5.74) is 4.03. The molecule has 2 aromatic rings. The minimum absolute atomic E-state index is 0.608. The van der Waals surface area contributed by atoms with Crippen molar-refractivity contribution < 1.29 is 4.74 Å². The van der Waals surface area contributed by atoms with E-state index in [9.17, 15) is 0 Å². The standard InChI is InChI=1S/C14H14N2O/c1-3-11-7-16-9-14(11)12(4-1)10-17-13-5-2-6-15-8-13/h1-6,8,16H,7,9-10H2. The van der Waals surface area contributed by atoms with Gasteiger partial charge in [-0.2, -0.15) is 0 Å². The van der Waals surface area contributed by atoms with E-state index >= 15 is 0 Å². The molecule has 3 nitrogen and oxygen atoms in total. The van der Waals surface area contributed by atoms with Crippen molar-refractivity contribution in [3.05, 3.63) is 59.4 Å². The average molecular weight is 226 g/mol. The Kier molecular flexibility index (Phi) is 2.76. The number of rotatable bonds is 3. The van der Waals surface area contributed by atoms with Crippen LogP contribution in [0.1, 0.15) is 16.7 Å². The molecule has 1 aliphatic rings. The third kappa shape index (κ3) is 2.15. The molecular weight excluding hydrogens is 212 g/mol. The Bertz CT molecular complexity index is 511. The van der Waals surface area contributed by atoms with Gasteiger partial charge in [-0.05, 0) is 28.8 Å². The van der Waals surface area contributed by atoms with Crippen LogP contribution in [0.4, 0.5) is 0 Å². The number of nitrogens with one attached hydrogen (secondary N) is 1. The molecule has 0 spiro atoms. The van der Waals surface area contributed by atoms with Crippen LogP contribution in [0.3, 0.4) is 0 Å². The fraction of sp³-hybridized carbons (Fsp3) is 0.214. The minimum atomic E-state index is 0.608. The largest absolute Gasteiger partial charge is 0.487 e. The normalized spacial score (nSPS) is 13.4. The van der Waals surface area contributed by atoms with E-state index in [2.05, 4.69) is 28.5 Å². The molecule has 0 amide bonds. The lowest BCUT2D eigenvalue weighted by Gasteiger charge is -2.09. The Balaban J connectivity index is 1.76. The average Bonchev–Trinajstić information content (AvgIpc) is 2.86. The molecule has 3 heteroatoms. The highest BCUT2D eigenvalue weighted by Crippen LogP contribution is 2.21. The van der Waals surface area contributed by atoms with Crippen molar-refractivity contribution in [2.75, 3.05) is 0 Å². The fourth-order valence-corrected chi connectivity index (χ4v) is 2.13. The molecule has 0 saturated heterocycles. The van der Waals surface area contributed by atoms with Gasteiger partial charge in [-0.3, -0.25) is 4.98 Å². The molecule has 86 valence electrons. The first kappa shape index (κ1) is 10.3. The molecule has 0 saturated carbocycles. The van der Waals surface area contributed by atoms with Crippen molar-refractivity contribution in [3.63, 3.8) is 0 Å². The summed E-state index contributed by atoms with van der Waals surface area (Å²) in [6.07, 6.45) is 3.48. The number of hydrogen-bond donors (Lipinski definition) is 1. The lowest BCUT2D eigenvalue weighted by molar-refractivity contribution is 0.304. The molecule has 1 aromatic heterocycles. The second-order valence-corrected chi connectivity index (χ2v) is 4.14. The summed E-state index contributed by atoms with van der Waals surface area (Å²) >= 11 is 0. The first-order valence-corrected chi connectivity index (χ1v) is 5.76. The van der Waals surface area contributed by atoms with Crippen molar-refractivity contribution in [2.45, 2.75) is 19.7 Å². The Labute approximate surface area is 100 Å². The van der Waals surface area contributed by atoms with E-state index in [1.807, 2.05) is 12.1 Å². The van der Waals surface area contributed by atoms with Gasteiger partial charge in [0, 0.05) is 19.3 Å². The molecule has 1 N–H and O–H groups in total. The third-order valence-electron chi connectivity index (χ3n) is 3.02. The fourth-order valence-electron chi connectivity index (χ4n) is 2.13. The van der Waals surface area contributed by atoms with Gasteiger partial charge in [0.25, 0.3) is 0 Å². The maximum atomic E-state index is 5.73. The molecule has 0 bridgehead atoms. The van der Waals surface area contributed by atoms with Crippen LogP contribution in [-0.2, 0) is 19.7 Å². The van der Waals surface area contributed by atoms with Crippen LogP contribution in [0.5, 0.6) is 5.75 Å². The molecule has 2 heterocycles. The number of ether oxygens (including phenoxy) is 1. The van der Waals surface area contributed by atoms with E-state index in [-0.39, 0.29) is 0 Å². The van der Waals surface area contributed by atoms with Crippen molar-refractivity contribution in [3.8, 4) is 5.75 Å². The van der Waals surface area contributed by atoms with E-state index < -0.39 is 0 Å². The van der Waals surface area contributed by atoms with Gasteiger partial charge in [-0.15, -0.1) is 0 Å². The maximum Gasteiger partial charge on any atom is 0.138 e. The molecule has 3 rings (SSSR count). The Morgan fingerprint density at radius 3 is 3.06 bits per heavy atom. The summed E-state index contributed by atoms with van der Waals surface area (Å²) in [6, 6.07) is 10.2. The molecule has 17 heavy (non-hydrogen) atoms. The quantitative estimate of drug-likeness (QED) is 0.871. The summed E-state index contributed by atoms with van der Waals surface area (Å²) in [7, 11) is 0. The lowest BCUT2D eigenvalue weighted by atomic mass is 10.0. The van der Waals surface area contributed by atoms with Gasteiger partial charge in [0.2, 0.25) is 0 Å². The van der Waals surface area contributed by atoms with Crippen LogP contribution in [0.25, 0.3) is 0 Å². The Morgan fingerprint density at radius 1 is 1.18 bits per heavy atom. The first-order valence-electron chi connectivity index (χ1n) is 5.76. The van der Waals surface area contributed by atoms with Gasteiger partial charge in [-0.25, -0.2) is 0 Å². The zero-order chi connectivity index (χ0) is 11.5. The van der Waals surface area contributed by atoms with Crippen LogP contribution in [-0.4, -0.2) is 4.98 Å². The molecule has 0 fully saturated rings. The zero-order valence-electron chi connectivity index (χ0n) is 9.52. The van der Waals surface area contributed by atoms with Gasteiger partial charge in [0.1, 0.15) is 12.4 Å². The Morgan fingerprint density at radius 2 is 2.18 bits per heavy atom. The van der Waals surface area contributed by atoms with Gasteiger partial charge in [0.05, 0.1) is 6.20 Å². The van der Waals surface area contributed by atoms with E-state index in [1.165, 1.54) is 16.7 Å². The second kappa shape index (κ2) is 4.55. The summed E-state index contributed by atoms with van der Waals surface area (Å²) < 4.78 is 5.73. The second-order valence-electron chi connectivity index (χ2n) is 4.14. The SMILES string of the molecule is c1cncc(OCc2cccc3c2CNC3)c1. The first-order chi connectivity index (χ1) is 8.43. The van der Waals surface area contributed by atoms with E-state index in [4.69, 9.17) is 4.74 Å². The van der Waals surface area contributed by atoms with E-state index in [0.717, 1.165) is 18.8 Å². The van der Waals surface area contributed by atoms with Crippen molar-refractivity contribution in [1.82, 2.24) is 10.3 Å². The summed E-state index contributed by atoms with van der Waals surface area (Å²) in [4.78, 5) is 4.03. The third-order valence-corrected chi connectivity index (χ3v) is 3.02. The molecule has 0 aliphatic carbocycles. The number of fused-ring (bicyclic) bond motifs is 1.